The lowest BCUT2D eigenvalue weighted by Crippen LogP contribution is -2.40. The maximum Gasteiger partial charge on any atom is 0.343 e. The van der Waals surface area contributed by atoms with Gasteiger partial charge in [-0.2, -0.15) is 20.1 Å². The van der Waals surface area contributed by atoms with Gasteiger partial charge in [-0.05, 0) is 49.7 Å². The van der Waals surface area contributed by atoms with Gasteiger partial charge < -0.3 is 28.7 Å². The van der Waals surface area contributed by atoms with Crippen LogP contribution in [0.2, 0.25) is 0 Å². The van der Waals surface area contributed by atoms with Gasteiger partial charge in [0.05, 0.1) is 44.8 Å². The summed E-state index contributed by atoms with van der Waals surface area (Å²) in [6.07, 6.45) is 1.63. The zero-order chi connectivity index (χ0) is 27.7. The number of nitrogens with zero attached hydrogens (tertiary/aromatic N) is 6. The van der Waals surface area contributed by atoms with Crippen LogP contribution in [0.1, 0.15) is 28.4 Å². The summed E-state index contributed by atoms with van der Waals surface area (Å²) in [4.78, 5) is 30.7. The highest BCUT2D eigenvalue weighted by atomic mass is 16.6. The number of hydrogen-bond donors (Lipinski definition) is 1. The number of esters is 1. The Labute approximate surface area is 232 Å². The summed E-state index contributed by atoms with van der Waals surface area (Å²) in [7, 11) is 0. The fourth-order valence-electron chi connectivity index (χ4n) is 4.18. The maximum atomic E-state index is 12.6. The standard InChI is InChI=1S/C28H33N7O5/c1-3-39-24-18-21(6-9-23(24)40-25(36)22-7-4-20(2)5-8-22)19-29-33-26-30-27(34-10-14-37-15-11-34)32-28(31-26)35-12-16-38-17-13-35/h4-9,18-19H,3,10-17H2,1-2H3,(H,30,31,32,33)/b29-19+. The third-order valence-corrected chi connectivity index (χ3v) is 6.34. The van der Waals surface area contributed by atoms with Gasteiger partial charge in [-0.25, -0.2) is 10.2 Å². The Kier molecular flexibility index (Phi) is 8.99. The van der Waals surface area contributed by atoms with Crippen LogP contribution >= 0.6 is 0 Å². The van der Waals surface area contributed by atoms with E-state index in [1.807, 2.05) is 26.0 Å². The van der Waals surface area contributed by atoms with Gasteiger partial charge in [0.2, 0.25) is 17.8 Å². The molecule has 40 heavy (non-hydrogen) atoms. The van der Waals surface area contributed by atoms with Crippen molar-refractivity contribution in [1.29, 1.82) is 0 Å². The number of rotatable bonds is 9. The van der Waals surface area contributed by atoms with E-state index in [1.165, 1.54) is 0 Å². The summed E-state index contributed by atoms with van der Waals surface area (Å²) in [5.74, 6) is 1.82. The molecule has 1 N–H and O–H groups in total. The summed E-state index contributed by atoms with van der Waals surface area (Å²) in [5.41, 5.74) is 5.21. The molecule has 0 saturated carbocycles. The van der Waals surface area contributed by atoms with Gasteiger partial charge in [-0.3, -0.25) is 0 Å². The SMILES string of the molecule is CCOc1cc(/C=N/Nc2nc(N3CCOCC3)nc(N3CCOCC3)n2)ccc1OC(=O)c1ccc(C)cc1. The minimum absolute atomic E-state index is 0.334. The zero-order valence-electron chi connectivity index (χ0n) is 22.7. The quantitative estimate of drug-likeness (QED) is 0.184. The number of carbonyl (C=O) groups excluding carboxylic acids is 1. The minimum Gasteiger partial charge on any atom is -0.490 e. The van der Waals surface area contributed by atoms with Crippen LogP contribution in [0.4, 0.5) is 17.8 Å². The van der Waals surface area contributed by atoms with Gasteiger partial charge in [0, 0.05) is 26.2 Å². The summed E-state index contributed by atoms with van der Waals surface area (Å²) in [6, 6.07) is 12.4. The van der Waals surface area contributed by atoms with Crippen molar-refractivity contribution in [3.63, 3.8) is 0 Å². The second-order valence-corrected chi connectivity index (χ2v) is 9.22. The lowest BCUT2D eigenvalue weighted by Gasteiger charge is -2.30. The number of hydrazone groups is 1. The molecule has 3 aromatic rings. The largest absolute Gasteiger partial charge is 0.490 e. The van der Waals surface area contributed by atoms with Crippen molar-refractivity contribution < 1.29 is 23.7 Å². The van der Waals surface area contributed by atoms with E-state index in [-0.39, 0.29) is 0 Å². The molecule has 2 aliphatic heterocycles. The van der Waals surface area contributed by atoms with E-state index in [2.05, 4.69) is 30.3 Å². The third kappa shape index (κ3) is 7.01. The van der Waals surface area contributed by atoms with Gasteiger partial charge in [0.15, 0.2) is 11.5 Å². The van der Waals surface area contributed by atoms with Crippen LogP contribution < -0.4 is 24.7 Å². The van der Waals surface area contributed by atoms with Crippen molar-refractivity contribution >= 4 is 30.0 Å². The fraction of sp³-hybridized carbons (Fsp3) is 0.393. The van der Waals surface area contributed by atoms with E-state index in [1.54, 1.807) is 36.5 Å². The molecule has 12 nitrogen and oxygen atoms in total. The molecule has 0 atom stereocenters. The number of morpholine rings is 2. The van der Waals surface area contributed by atoms with Gasteiger partial charge in [-0.1, -0.05) is 17.7 Å². The van der Waals surface area contributed by atoms with Crippen molar-refractivity contribution in [3.8, 4) is 11.5 Å². The predicted octanol–water partition coefficient (Wildman–Crippen LogP) is 2.92. The van der Waals surface area contributed by atoms with Crippen LogP contribution in [0.3, 0.4) is 0 Å². The molecule has 0 aliphatic carbocycles. The Morgan fingerprint density at radius 2 is 1.55 bits per heavy atom. The normalized spacial score (nSPS) is 15.8. The molecular formula is C28H33N7O5. The third-order valence-electron chi connectivity index (χ3n) is 6.34. The number of hydrogen-bond acceptors (Lipinski definition) is 12. The fourth-order valence-corrected chi connectivity index (χ4v) is 4.18. The van der Waals surface area contributed by atoms with E-state index < -0.39 is 5.97 Å². The van der Waals surface area contributed by atoms with E-state index in [0.717, 1.165) is 11.1 Å². The summed E-state index contributed by atoms with van der Waals surface area (Å²) < 4.78 is 22.3. The molecule has 0 amide bonds. The molecule has 0 bridgehead atoms. The van der Waals surface area contributed by atoms with Crippen molar-refractivity contribution in [2.24, 2.45) is 5.10 Å². The Bertz CT molecular complexity index is 1290. The lowest BCUT2D eigenvalue weighted by atomic mass is 10.1. The Morgan fingerprint density at radius 3 is 2.15 bits per heavy atom. The Morgan fingerprint density at radius 1 is 0.925 bits per heavy atom. The van der Waals surface area contributed by atoms with Gasteiger partial charge in [-0.15, -0.1) is 0 Å². The van der Waals surface area contributed by atoms with Crippen molar-refractivity contribution in [3.05, 3.63) is 59.2 Å². The monoisotopic (exact) mass is 547 g/mol. The van der Waals surface area contributed by atoms with Crippen molar-refractivity contribution in [2.45, 2.75) is 13.8 Å². The molecule has 5 rings (SSSR count). The molecule has 210 valence electrons. The summed E-state index contributed by atoms with van der Waals surface area (Å²) in [5, 5.41) is 4.35. The van der Waals surface area contributed by atoms with Crippen molar-refractivity contribution in [1.82, 2.24) is 15.0 Å². The highest BCUT2D eigenvalue weighted by Crippen LogP contribution is 2.29. The lowest BCUT2D eigenvalue weighted by molar-refractivity contribution is 0.0728. The van der Waals surface area contributed by atoms with Crippen LogP contribution in [-0.2, 0) is 9.47 Å². The van der Waals surface area contributed by atoms with Crippen LogP contribution in [0, 0.1) is 6.92 Å². The summed E-state index contributed by atoms with van der Waals surface area (Å²) in [6.45, 7) is 9.55. The molecule has 0 radical (unpaired) electrons. The average Bonchev–Trinajstić information content (AvgIpc) is 2.99. The molecule has 2 aromatic carbocycles. The molecule has 12 heteroatoms. The molecule has 3 heterocycles. The number of nitrogens with one attached hydrogen (secondary N) is 1. The van der Waals surface area contributed by atoms with Crippen LogP contribution in [0.15, 0.2) is 47.6 Å². The van der Waals surface area contributed by atoms with E-state index >= 15 is 0 Å². The molecule has 0 spiro atoms. The maximum absolute atomic E-state index is 12.6. The van der Waals surface area contributed by atoms with Crippen LogP contribution in [0.5, 0.6) is 11.5 Å². The van der Waals surface area contributed by atoms with Gasteiger partial charge >= 0.3 is 5.97 Å². The zero-order valence-corrected chi connectivity index (χ0v) is 22.7. The predicted molar refractivity (Wildman–Crippen MR) is 151 cm³/mol. The first kappa shape index (κ1) is 27.3. The highest BCUT2D eigenvalue weighted by Gasteiger charge is 2.20. The first-order valence-corrected chi connectivity index (χ1v) is 13.4. The first-order valence-electron chi connectivity index (χ1n) is 13.4. The molecule has 2 aliphatic rings. The number of aryl methyl sites for hydroxylation is 1. The van der Waals surface area contributed by atoms with Crippen molar-refractivity contribution in [2.75, 3.05) is 74.4 Å². The summed E-state index contributed by atoms with van der Waals surface area (Å²) >= 11 is 0. The number of benzene rings is 2. The highest BCUT2D eigenvalue weighted by molar-refractivity contribution is 5.91. The number of carbonyl (C=O) groups is 1. The smallest absolute Gasteiger partial charge is 0.343 e. The first-order chi connectivity index (χ1) is 19.6. The molecule has 1 aromatic heterocycles. The van der Waals surface area contributed by atoms with E-state index in [9.17, 15) is 4.79 Å². The second kappa shape index (κ2) is 13.2. The molecule has 0 unspecified atom stereocenters. The average molecular weight is 548 g/mol. The van der Waals surface area contributed by atoms with Crippen LogP contribution in [-0.4, -0.2) is 86.3 Å². The number of aromatic nitrogens is 3. The van der Waals surface area contributed by atoms with Gasteiger partial charge in [0.25, 0.3) is 0 Å². The Balaban J connectivity index is 1.31. The van der Waals surface area contributed by atoms with Gasteiger partial charge in [0.1, 0.15) is 0 Å². The minimum atomic E-state index is -0.453. The van der Waals surface area contributed by atoms with E-state index in [4.69, 9.17) is 23.9 Å². The number of anilines is 3. The molecular weight excluding hydrogens is 514 g/mol. The Hall–Kier alpha value is -4.29. The van der Waals surface area contributed by atoms with Crippen LogP contribution in [0.25, 0.3) is 0 Å². The topological polar surface area (TPSA) is 124 Å². The molecule has 2 saturated heterocycles. The molecule has 2 fully saturated rings. The second-order valence-electron chi connectivity index (χ2n) is 9.22. The van der Waals surface area contributed by atoms with E-state index in [0.29, 0.717) is 94.1 Å². The number of ether oxygens (including phenoxy) is 4.